The van der Waals surface area contributed by atoms with Crippen molar-refractivity contribution in [2.45, 2.75) is 57.2 Å². The lowest BCUT2D eigenvalue weighted by molar-refractivity contribution is -0.126. The van der Waals surface area contributed by atoms with Crippen LogP contribution in [-0.4, -0.2) is 42.0 Å². The van der Waals surface area contributed by atoms with Crippen LogP contribution >= 0.6 is 12.4 Å². The standard InChI is InChI=1S/C12H23N3O.ClH/c1-9(15-7-6-10(13)8-15)12(16)14-11-4-2-3-5-11;/h9-11H,2-8,13H2,1H3,(H,14,16);1H. The number of amides is 1. The molecule has 2 unspecified atom stereocenters. The predicted molar refractivity (Wildman–Crippen MR) is 71.3 cm³/mol. The molecule has 5 heteroatoms. The molecule has 2 atom stereocenters. The van der Waals surface area contributed by atoms with E-state index in [9.17, 15) is 4.79 Å². The summed E-state index contributed by atoms with van der Waals surface area (Å²) >= 11 is 0. The summed E-state index contributed by atoms with van der Waals surface area (Å²) in [6, 6.07) is 0.655. The molecule has 1 saturated heterocycles. The van der Waals surface area contributed by atoms with Gasteiger partial charge in [-0.1, -0.05) is 12.8 Å². The van der Waals surface area contributed by atoms with E-state index in [0.717, 1.165) is 32.4 Å². The van der Waals surface area contributed by atoms with Gasteiger partial charge in [-0.15, -0.1) is 12.4 Å². The summed E-state index contributed by atoms with van der Waals surface area (Å²) in [5, 5.41) is 3.15. The Balaban J connectivity index is 0.00000144. The molecule has 1 amide bonds. The van der Waals surface area contributed by atoms with E-state index in [2.05, 4.69) is 10.2 Å². The average Bonchev–Trinajstić information content (AvgIpc) is 2.88. The van der Waals surface area contributed by atoms with E-state index in [1.165, 1.54) is 12.8 Å². The van der Waals surface area contributed by atoms with Crippen LogP contribution in [-0.2, 0) is 4.79 Å². The number of halogens is 1. The van der Waals surface area contributed by atoms with Gasteiger partial charge in [-0.3, -0.25) is 9.69 Å². The van der Waals surface area contributed by atoms with E-state index in [1.54, 1.807) is 0 Å². The average molecular weight is 262 g/mol. The Hall–Kier alpha value is -0.320. The number of nitrogens with two attached hydrogens (primary N) is 1. The van der Waals surface area contributed by atoms with Gasteiger partial charge < -0.3 is 11.1 Å². The van der Waals surface area contributed by atoms with E-state index >= 15 is 0 Å². The third-order valence-electron chi connectivity index (χ3n) is 3.88. The van der Waals surface area contributed by atoms with Crippen LogP contribution < -0.4 is 11.1 Å². The van der Waals surface area contributed by atoms with E-state index < -0.39 is 0 Å². The molecule has 4 nitrogen and oxygen atoms in total. The molecule has 2 fully saturated rings. The Morgan fingerprint density at radius 1 is 1.35 bits per heavy atom. The Morgan fingerprint density at radius 2 is 2.00 bits per heavy atom. The molecule has 1 aliphatic carbocycles. The maximum Gasteiger partial charge on any atom is 0.237 e. The summed E-state index contributed by atoms with van der Waals surface area (Å²) in [6.45, 7) is 3.81. The lowest BCUT2D eigenvalue weighted by Crippen LogP contribution is -2.47. The molecule has 1 aliphatic heterocycles. The van der Waals surface area contributed by atoms with Crippen LogP contribution in [0.5, 0.6) is 0 Å². The smallest absolute Gasteiger partial charge is 0.237 e. The number of rotatable bonds is 3. The van der Waals surface area contributed by atoms with Crippen molar-refractivity contribution in [2.24, 2.45) is 5.73 Å². The molecular formula is C12H24ClN3O. The maximum atomic E-state index is 12.0. The number of nitrogens with one attached hydrogen (secondary N) is 1. The topological polar surface area (TPSA) is 58.4 Å². The van der Waals surface area contributed by atoms with E-state index in [-0.39, 0.29) is 30.4 Å². The van der Waals surface area contributed by atoms with Gasteiger partial charge in [0.05, 0.1) is 6.04 Å². The zero-order valence-corrected chi connectivity index (χ0v) is 11.3. The van der Waals surface area contributed by atoms with Crippen LogP contribution in [0.2, 0.25) is 0 Å². The number of nitrogens with zero attached hydrogens (tertiary/aromatic N) is 1. The lowest BCUT2D eigenvalue weighted by Gasteiger charge is -2.24. The second kappa shape index (κ2) is 6.57. The van der Waals surface area contributed by atoms with Crippen LogP contribution in [0, 0.1) is 0 Å². The van der Waals surface area contributed by atoms with Crippen molar-refractivity contribution in [1.82, 2.24) is 10.2 Å². The monoisotopic (exact) mass is 261 g/mol. The number of carbonyl (C=O) groups is 1. The van der Waals surface area contributed by atoms with Crippen molar-refractivity contribution in [3.8, 4) is 0 Å². The third-order valence-corrected chi connectivity index (χ3v) is 3.88. The fourth-order valence-electron chi connectivity index (χ4n) is 2.72. The number of hydrogen-bond donors (Lipinski definition) is 2. The van der Waals surface area contributed by atoms with Crippen molar-refractivity contribution >= 4 is 18.3 Å². The van der Waals surface area contributed by atoms with Gasteiger partial charge in [-0.05, 0) is 26.2 Å². The van der Waals surface area contributed by atoms with Crippen LogP contribution in [0.1, 0.15) is 39.0 Å². The molecule has 17 heavy (non-hydrogen) atoms. The van der Waals surface area contributed by atoms with Crippen molar-refractivity contribution in [1.29, 1.82) is 0 Å². The van der Waals surface area contributed by atoms with Gasteiger partial charge >= 0.3 is 0 Å². The fraction of sp³-hybridized carbons (Fsp3) is 0.917. The minimum Gasteiger partial charge on any atom is -0.352 e. The molecule has 1 heterocycles. The normalized spacial score (nSPS) is 27.8. The zero-order chi connectivity index (χ0) is 11.5. The van der Waals surface area contributed by atoms with Gasteiger partial charge in [-0.2, -0.15) is 0 Å². The molecule has 0 bridgehead atoms. The summed E-state index contributed by atoms with van der Waals surface area (Å²) in [5.74, 6) is 0.181. The summed E-state index contributed by atoms with van der Waals surface area (Å²) in [4.78, 5) is 14.2. The SMILES string of the molecule is CC(C(=O)NC1CCCC1)N1CCC(N)C1.Cl. The molecule has 100 valence electrons. The molecule has 1 saturated carbocycles. The van der Waals surface area contributed by atoms with E-state index in [4.69, 9.17) is 5.73 Å². The highest BCUT2D eigenvalue weighted by Crippen LogP contribution is 2.18. The van der Waals surface area contributed by atoms with Crippen molar-refractivity contribution in [3.63, 3.8) is 0 Å². The quantitative estimate of drug-likeness (QED) is 0.793. The Kier molecular flexibility index (Phi) is 5.70. The van der Waals surface area contributed by atoms with Crippen LogP contribution in [0.25, 0.3) is 0 Å². The summed E-state index contributed by atoms with van der Waals surface area (Å²) in [7, 11) is 0. The second-order valence-electron chi connectivity index (χ2n) is 5.21. The van der Waals surface area contributed by atoms with E-state index in [1.807, 2.05) is 6.92 Å². The molecule has 0 radical (unpaired) electrons. The first-order valence-corrected chi connectivity index (χ1v) is 6.47. The molecule has 0 aromatic carbocycles. The highest BCUT2D eigenvalue weighted by atomic mass is 35.5. The Labute approximate surface area is 110 Å². The minimum absolute atomic E-state index is 0. The largest absolute Gasteiger partial charge is 0.352 e. The third kappa shape index (κ3) is 3.83. The number of carbonyl (C=O) groups excluding carboxylic acids is 1. The van der Waals surface area contributed by atoms with Gasteiger partial charge in [0.25, 0.3) is 0 Å². The molecule has 2 rings (SSSR count). The van der Waals surface area contributed by atoms with Gasteiger partial charge in [0.15, 0.2) is 0 Å². The minimum atomic E-state index is -0.0193. The molecule has 0 aromatic rings. The molecule has 2 aliphatic rings. The summed E-state index contributed by atoms with van der Waals surface area (Å²) < 4.78 is 0. The molecule has 0 aromatic heterocycles. The van der Waals surface area contributed by atoms with Crippen LogP contribution in [0.15, 0.2) is 0 Å². The fourth-order valence-corrected chi connectivity index (χ4v) is 2.72. The summed E-state index contributed by atoms with van der Waals surface area (Å²) in [6.07, 6.45) is 5.83. The highest BCUT2D eigenvalue weighted by Gasteiger charge is 2.29. The molecular weight excluding hydrogens is 238 g/mol. The number of hydrogen-bond acceptors (Lipinski definition) is 3. The van der Waals surface area contributed by atoms with Gasteiger partial charge in [0, 0.05) is 25.2 Å². The zero-order valence-electron chi connectivity index (χ0n) is 10.5. The summed E-state index contributed by atoms with van der Waals surface area (Å²) in [5.41, 5.74) is 5.85. The van der Waals surface area contributed by atoms with Gasteiger partial charge in [0.2, 0.25) is 5.91 Å². The first-order chi connectivity index (χ1) is 7.66. The lowest BCUT2D eigenvalue weighted by atomic mass is 10.2. The first kappa shape index (κ1) is 14.7. The van der Waals surface area contributed by atoms with Crippen molar-refractivity contribution in [2.75, 3.05) is 13.1 Å². The molecule has 0 spiro atoms. The highest BCUT2D eigenvalue weighted by molar-refractivity contribution is 5.85. The van der Waals surface area contributed by atoms with Crippen LogP contribution in [0.4, 0.5) is 0 Å². The Bertz CT molecular complexity index is 256. The number of likely N-dealkylation sites (tertiary alicyclic amines) is 1. The van der Waals surface area contributed by atoms with Gasteiger partial charge in [-0.25, -0.2) is 0 Å². The molecule has 3 N–H and O–H groups in total. The van der Waals surface area contributed by atoms with E-state index in [0.29, 0.717) is 6.04 Å². The van der Waals surface area contributed by atoms with Gasteiger partial charge in [0.1, 0.15) is 0 Å². The first-order valence-electron chi connectivity index (χ1n) is 6.47. The van der Waals surface area contributed by atoms with Crippen molar-refractivity contribution in [3.05, 3.63) is 0 Å². The Morgan fingerprint density at radius 3 is 2.53 bits per heavy atom. The maximum absolute atomic E-state index is 12.0. The predicted octanol–water partition coefficient (Wildman–Crippen LogP) is 0.888. The van der Waals surface area contributed by atoms with Crippen molar-refractivity contribution < 1.29 is 4.79 Å². The second-order valence-corrected chi connectivity index (χ2v) is 5.21. The van der Waals surface area contributed by atoms with Crippen LogP contribution in [0.3, 0.4) is 0 Å².